The summed E-state index contributed by atoms with van der Waals surface area (Å²) in [6.07, 6.45) is 0. The first kappa shape index (κ1) is 15.0. The number of allylic oxidation sites excluding steroid dienone is 1. The number of thiophene rings is 1. The van der Waals surface area contributed by atoms with Gasteiger partial charge in [0.15, 0.2) is 0 Å². The lowest BCUT2D eigenvalue weighted by Gasteiger charge is -2.09. The summed E-state index contributed by atoms with van der Waals surface area (Å²) in [6, 6.07) is 11.6. The van der Waals surface area contributed by atoms with E-state index in [0.29, 0.717) is 18.0 Å². The van der Waals surface area contributed by atoms with Gasteiger partial charge in [-0.3, -0.25) is 4.79 Å². The molecule has 1 aromatic carbocycles. The highest BCUT2D eigenvalue weighted by atomic mass is 79.9. The van der Waals surface area contributed by atoms with Crippen molar-refractivity contribution in [1.29, 1.82) is 0 Å². The molecule has 0 aliphatic heterocycles. The van der Waals surface area contributed by atoms with Gasteiger partial charge in [-0.15, -0.1) is 11.3 Å². The molecule has 0 aliphatic carbocycles. The summed E-state index contributed by atoms with van der Waals surface area (Å²) in [5.41, 5.74) is 1.94. The first-order valence-corrected chi connectivity index (χ1v) is 8.41. The molecule has 112 valence electrons. The summed E-state index contributed by atoms with van der Waals surface area (Å²) in [7, 11) is 0. The van der Waals surface area contributed by atoms with Crippen molar-refractivity contribution in [2.75, 3.05) is 0 Å². The van der Waals surface area contributed by atoms with Crippen LogP contribution in [0, 0.1) is 0 Å². The number of amides is 1. The van der Waals surface area contributed by atoms with Gasteiger partial charge in [0.1, 0.15) is 5.82 Å². The Morgan fingerprint density at radius 1 is 1.32 bits per heavy atom. The third-order valence-corrected chi connectivity index (χ3v) is 4.33. The molecule has 2 aromatic heterocycles. The van der Waals surface area contributed by atoms with Crippen LogP contribution in [0.2, 0.25) is 0 Å². The van der Waals surface area contributed by atoms with E-state index in [0.717, 1.165) is 21.3 Å². The number of aromatic nitrogens is 2. The van der Waals surface area contributed by atoms with Crippen LogP contribution in [0.15, 0.2) is 52.8 Å². The first-order valence-electron chi connectivity index (χ1n) is 6.74. The molecule has 0 radical (unpaired) electrons. The van der Waals surface area contributed by atoms with Crippen molar-refractivity contribution in [3.8, 4) is 0 Å². The molecule has 0 unspecified atom stereocenters. The summed E-state index contributed by atoms with van der Waals surface area (Å²) in [5, 5.41) is 4.81. The molecule has 3 aromatic rings. The van der Waals surface area contributed by atoms with Crippen LogP contribution in [-0.4, -0.2) is 15.5 Å². The van der Waals surface area contributed by atoms with E-state index in [1.165, 1.54) is 11.3 Å². The van der Waals surface area contributed by atoms with Crippen molar-refractivity contribution in [3.05, 3.63) is 63.5 Å². The third kappa shape index (κ3) is 3.13. The topological polar surface area (TPSA) is 46.9 Å². The summed E-state index contributed by atoms with van der Waals surface area (Å²) >= 11 is 4.82. The zero-order valence-corrected chi connectivity index (χ0v) is 14.2. The average Bonchev–Trinajstić information content (AvgIpc) is 3.13. The molecule has 0 spiro atoms. The highest BCUT2D eigenvalue weighted by Crippen LogP contribution is 2.19. The van der Waals surface area contributed by atoms with E-state index in [4.69, 9.17) is 0 Å². The van der Waals surface area contributed by atoms with Gasteiger partial charge in [-0.05, 0) is 23.6 Å². The van der Waals surface area contributed by atoms with Gasteiger partial charge < -0.3 is 9.88 Å². The van der Waals surface area contributed by atoms with Gasteiger partial charge in [0, 0.05) is 4.48 Å². The lowest BCUT2D eigenvalue weighted by molar-refractivity contribution is 0.0953. The van der Waals surface area contributed by atoms with Gasteiger partial charge in [-0.1, -0.05) is 40.7 Å². The van der Waals surface area contributed by atoms with E-state index in [1.807, 2.05) is 41.8 Å². The normalized spacial score (nSPS) is 10.8. The van der Waals surface area contributed by atoms with Gasteiger partial charge in [0.05, 0.1) is 29.0 Å². The Kier molecular flexibility index (Phi) is 4.40. The summed E-state index contributed by atoms with van der Waals surface area (Å²) < 4.78 is 2.92. The van der Waals surface area contributed by atoms with Gasteiger partial charge in [0.2, 0.25) is 0 Å². The number of imidazole rings is 1. The second-order valence-electron chi connectivity index (χ2n) is 4.78. The lowest BCUT2D eigenvalue weighted by atomic mass is 10.3. The van der Waals surface area contributed by atoms with Crippen molar-refractivity contribution >= 4 is 44.2 Å². The second kappa shape index (κ2) is 6.46. The molecule has 0 atom stereocenters. The van der Waals surface area contributed by atoms with Crippen LogP contribution >= 0.6 is 27.3 Å². The van der Waals surface area contributed by atoms with Crippen molar-refractivity contribution in [2.45, 2.75) is 13.1 Å². The van der Waals surface area contributed by atoms with Crippen LogP contribution in [-0.2, 0) is 13.1 Å². The third-order valence-electron chi connectivity index (χ3n) is 3.22. The highest BCUT2D eigenvalue weighted by Gasteiger charge is 2.13. The number of hydrogen-bond donors (Lipinski definition) is 1. The van der Waals surface area contributed by atoms with E-state index >= 15 is 0 Å². The van der Waals surface area contributed by atoms with E-state index in [1.54, 1.807) is 0 Å². The van der Waals surface area contributed by atoms with Gasteiger partial charge >= 0.3 is 0 Å². The van der Waals surface area contributed by atoms with E-state index in [2.05, 4.69) is 37.4 Å². The fourth-order valence-electron chi connectivity index (χ4n) is 2.26. The zero-order valence-electron chi connectivity index (χ0n) is 11.8. The quantitative estimate of drug-likeness (QED) is 0.733. The van der Waals surface area contributed by atoms with Crippen molar-refractivity contribution in [1.82, 2.24) is 14.9 Å². The molecule has 4 nitrogen and oxygen atoms in total. The molecule has 2 heterocycles. The lowest BCUT2D eigenvalue weighted by Crippen LogP contribution is -2.24. The maximum atomic E-state index is 12.1. The maximum absolute atomic E-state index is 12.1. The molecular weight excluding hydrogens is 362 g/mol. The first-order chi connectivity index (χ1) is 10.6. The number of para-hydroxylation sites is 2. The van der Waals surface area contributed by atoms with E-state index < -0.39 is 0 Å². The van der Waals surface area contributed by atoms with Crippen LogP contribution < -0.4 is 5.32 Å². The molecule has 0 aliphatic rings. The SMILES string of the molecule is C=C(Br)Cn1c(CNC(=O)c2cccs2)nc2ccccc21. The molecule has 0 saturated heterocycles. The number of halogens is 1. The number of carbonyl (C=O) groups is 1. The Morgan fingerprint density at radius 3 is 2.86 bits per heavy atom. The Hall–Kier alpha value is -1.92. The van der Waals surface area contributed by atoms with Crippen molar-refractivity contribution in [3.63, 3.8) is 0 Å². The van der Waals surface area contributed by atoms with Crippen molar-refractivity contribution < 1.29 is 4.79 Å². The van der Waals surface area contributed by atoms with Crippen LogP contribution in [0.5, 0.6) is 0 Å². The summed E-state index contributed by atoms with van der Waals surface area (Å²) in [6.45, 7) is 4.89. The predicted octanol–water partition coefficient (Wildman–Crippen LogP) is 3.94. The predicted molar refractivity (Wildman–Crippen MR) is 93.3 cm³/mol. The van der Waals surface area contributed by atoms with Crippen LogP contribution in [0.4, 0.5) is 0 Å². The number of benzene rings is 1. The Bertz CT molecular complexity index is 823. The Balaban J connectivity index is 1.86. The molecule has 1 amide bonds. The van der Waals surface area contributed by atoms with Crippen LogP contribution in [0.25, 0.3) is 11.0 Å². The molecule has 6 heteroatoms. The monoisotopic (exact) mass is 375 g/mol. The molecule has 3 rings (SSSR count). The number of nitrogens with one attached hydrogen (secondary N) is 1. The highest BCUT2D eigenvalue weighted by molar-refractivity contribution is 9.11. The zero-order chi connectivity index (χ0) is 15.5. The fourth-order valence-corrected chi connectivity index (χ4v) is 3.15. The molecule has 1 N–H and O–H groups in total. The Morgan fingerprint density at radius 2 is 2.14 bits per heavy atom. The number of nitrogens with zero attached hydrogens (tertiary/aromatic N) is 2. The Labute approximate surface area is 140 Å². The fraction of sp³-hybridized carbons (Fsp3) is 0.125. The number of hydrogen-bond acceptors (Lipinski definition) is 3. The number of fused-ring (bicyclic) bond motifs is 1. The summed E-state index contributed by atoms with van der Waals surface area (Å²) in [4.78, 5) is 17.4. The summed E-state index contributed by atoms with van der Waals surface area (Å²) in [5.74, 6) is 0.734. The second-order valence-corrected chi connectivity index (χ2v) is 6.85. The number of rotatable bonds is 5. The molecule has 22 heavy (non-hydrogen) atoms. The van der Waals surface area contributed by atoms with Gasteiger partial charge in [-0.2, -0.15) is 0 Å². The average molecular weight is 376 g/mol. The smallest absolute Gasteiger partial charge is 0.261 e. The maximum Gasteiger partial charge on any atom is 0.261 e. The molecule has 0 bridgehead atoms. The minimum absolute atomic E-state index is 0.0775. The molecule has 0 fully saturated rings. The standard InChI is InChI=1S/C16H14BrN3OS/c1-11(17)10-20-13-6-3-2-5-12(13)19-15(20)9-18-16(21)14-7-4-8-22-14/h2-8H,1,9-10H2,(H,18,21). The van der Waals surface area contributed by atoms with E-state index in [9.17, 15) is 4.79 Å². The largest absolute Gasteiger partial charge is 0.344 e. The van der Waals surface area contributed by atoms with Gasteiger partial charge in [0.25, 0.3) is 5.91 Å². The van der Waals surface area contributed by atoms with E-state index in [-0.39, 0.29) is 5.91 Å². The molecule has 0 saturated carbocycles. The van der Waals surface area contributed by atoms with Gasteiger partial charge in [-0.25, -0.2) is 4.98 Å². The minimum Gasteiger partial charge on any atom is -0.344 e. The number of carbonyl (C=O) groups excluding carboxylic acids is 1. The molecular formula is C16H14BrN3OS. The van der Waals surface area contributed by atoms with Crippen molar-refractivity contribution in [2.24, 2.45) is 0 Å². The van der Waals surface area contributed by atoms with Crippen LogP contribution in [0.1, 0.15) is 15.5 Å². The van der Waals surface area contributed by atoms with Crippen LogP contribution in [0.3, 0.4) is 0 Å². The minimum atomic E-state index is -0.0775.